The van der Waals surface area contributed by atoms with Crippen LogP contribution in [0.2, 0.25) is 0 Å². The molecule has 0 aliphatic heterocycles. The molecule has 0 bridgehead atoms. The van der Waals surface area contributed by atoms with Gasteiger partial charge in [-0.1, -0.05) is 79.4 Å². The first-order valence-electron chi connectivity index (χ1n) is 21.4. The van der Waals surface area contributed by atoms with Gasteiger partial charge in [-0.3, -0.25) is 19.6 Å². The number of hydrogen-bond donors (Lipinski definition) is 4. The van der Waals surface area contributed by atoms with Gasteiger partial charge in [0.2, 0.25) is 0 Å². The third-order valence-corrected chi connectivity index (χ3v) is 11.4. The number of carbonyl (C=O) groups is 2. The van der Waals surface area contributed by atoms with Gasteiger partial charge in [0.25, 0.3) is 0 Å². The van der Waals surface area contributed by atoms with Gasteiger partial charge in [-0.2, -0.15) is 0 Å². The molecule has 3 rings (SSSR count). The van der Waals surface area contributed by atoms with Crippen molar-refractivity contribution in [1.29, 1.82) is 0 Å². The summed E-state index contributed by atoms with van der Waals surface area (Å²) >= 11 is 0. The topological polar surface area (TPSA) is 146 Å². The summed E-state index contributed by atoms with van der Waals surface area (Å²) < 4.78 is 0. The number of nitrogens with zero attached hydrogens (tertiary/aromatic N) is 4. The van der Waals surface area contributed by atoms with Crippen molar-refractivity contribution in [2.75, 3.05) is 40.3 Å². The van der Waals surface area contributed by atoms with E-state index in [2.05, 4.69) is 89.7 Å². The van der Waals surface area contributed by atoms with E-state index >= 15 is 0 Å². The van der Waals surface area contributed by atoms with Crippen LogP contribution in [0.5, 0.6) is 11.5 Å². The van der Waals surface area contributed by atoms with Gasteiger partial charge in [0, 0.05) is 40.3 Å². The van der Waals surface area contributed by atoms with Crippen molar-refractivity contribution in [3.8, 4) is 11.5 Å². The number of benzene rings is 2. The Balaban J connectivity index is 0.00000192. The smallest absolute Gasteiger partial charge is 0.314 e. The van der Waals surface area contributed by atoms with Crippen LogP contribution in [-0.4, -0.2) is 107 Å². The van der Waals surface area contributed by atoms with Gasteiger partial charge in [-0.15, -0.1) is 0 Å². The third-order valence-electron chi connectivity index (χ3n) is 11.4. The van der Waals surface area contributed by atoms with Crippen molar-refractivity contribution < 1.29 is 46.8 Å². The molecule has 2 aromatic carbocycles. The number of phenols is 2. The molecular weight excluding hydrogens is 775 g/mol. The molecule has 11 heteroatoms. The molecule has 2 aromatic rings. The fourth-order valence-electron chi connectivity index (χ4n) is 7.48. The average Bonchev–Trinajstić information content (AvgIpc) is 3.13. The van der Waals surface area contributed by atoms with Gasteiger partial charge < -0.3 is 30.2 Å². The standard InChI is InChI=1S/C44H72N4O2.C3H4O4.Co/c1-11-13-23-47(9)25-17-21-44(8,22-18-26-48(10)24-14-12-2)38-28-34(4)42(50)36(30-38)32-46-40-20-16-15-19-39(40)45-31-35-29-37(43(5,6)7)27-33(3)41(35)49;4-2(5)1-3(6)7;/h27-32,39-40,49-50H,11-26H2,1-10H3;1H2,(H,4,5)(H,6,7);. The van der Waals surface area contributed by atoms with Gasteiger partial charge in [0.1, 0.15) is 17.9 Å². The molecule has 58 heavy (non-hydrogen) atoms. The Labute approximate surface area is 360 Å². The molecule has 0 saturated heterocycles. The second-order valence-corrected chi connectivity index (χ2v) is 17.7. The molecular formula is C47H76CoN4O6. The van der Waals surface area contributed by atoms with Gasteiger partial charge >= 0.3 is 11.9 Å². The first kappa shape index (κ1) is 52.8. The first-order valence-corrected chi connectivity index (χ1v) is 21.4. The Hall–Kier alpha value is -3.25. The fraction of sp³-hybridized carbons (Fsp3) is 0.660. The quantitative estimate of drug-likeness (QED) is 0.0718. The van der Waals surface area contributed by atoms with E-state index in [1.54, 1.807) is 0 Å². The van der Waals surface area contributed by atoms with Gasteiger partial charge in [0.15, 0.2) is 0 Å². The number of aliphatic imine (C=N–C) groups is 2. The predicted molar refractivity (Wildman–Crippen MR) is 236 cm³/mol. The number of unbranched alkanes of at least 4 members (excludes halogenated alkanes) is 2. The zero-order valence-corrected chi connectivity index (χ0v) is 38.4. The maximum absolute atomic E-state index is 11.3. The summed E-state index contributed by atoms with van der Waals surface area (Å²) in [6.07, 6.45) is 16.7. The van der Waals surface area contributed by atoms with Crippen LogP contribution in [-0.2, 0) is 37.2 Å². The molecule has 2 atom stereocenters. The van der Waals surface area contributed by atoms with Gasteiger partial charge in [-0.05, 0) is 151 Å². The summed E-state index contributed by atoms with van der Waals surface area (Å²) in [7, 11) is 4.51. The van der Waals surface area contributed by atoms with Crippen LogP contribution in [0.3, 0.4) is 0 Å². The van der Waals surface area contributed by atoms with Crippen LogP contribution in [0.25, 0.3) is 0 Å². The molecule has 0 aromatic heterocycles. The predicted octanol–water partition coefficient (Wildman–Crippen LogP) is 9.69. The number of carboxylic acid groups (broad SMARTS) is 2. The minimum atomic E-state index is -1.31. The van der Waals surface area contributed by atoms with Crippen molar-refractivity contribution in [3.63, 3.8) is 0 Å². The van der Waals surface area contributed by atoms with E-state index in [0.717, 1.165) is 99.8 Å². The largest absolute Gasteiger partial charge is 0.507 e. The zero-order chi connectivity index (χ0) is 42.8. The summed E-state index contributed by atoms with van der Waals surface area (Å²) in [4.78, 5) is 34.0. The number of hydrogen-bond acceptors (Lipinski definition) is 8. The Morgan fingerprint density at radius 3 is 1.43 bits per heavy atom. The van der Waals surface area contributed by atoms with E-state index in [-0.39, 0.29) is 39.7 Å². The normalized spacial score (nSPS) is 16.1. The number of aromatic hydroxyl groups is 2. The molecule has 2 unspecified atom stereocenters. The summed E-state index contributed by atoms with van der Waals surface area (Å²) in [5.74, 6) is -1.99. The molecule has 10 nitrogen and oxygen atoms in total. The van der Waals surface area contributed by atoms with E-state index in [9.17, 15) is 19.8 Å². The fourth-order valence-corrected chi connectivity index (χ4v) is 7.48. The van der Waals surface area contributed by atoms with Crippen molar-refractivity contribution in [1.82, 2.24) is 9.80 Å². The molecule has 0 spiro atoms. The second-order valence-electron chi connectivity index (χ2n) is 17.7. The minimum absolute atomic E-state index is 0. The van der Waals surface area contributed by atoms with E-state index in [1.165, 1.54) is 36.8 Å². The SMILES string of the molecule is CCCCN(C)CCCC(C)(CCCN(C)CCCC)c1cc(C)c(O)c(C=NC2CCCCC2N=Cc2cc(C(C)(C)C)cc(C)c2O)c1.O=C(O)CC(=O)O.[Co]. The van der Waals surface area contributed by atoms with Crippen LogP contribution >= 0.6 is 0 Å². The molecule has 4 N–H and O–H groups in total. The zero-order valence-electron chi connectivity index (χ0n) is 37.4. The van der Waals surface area contributed by atoms with Crippen LogP contribution < -0.4 is 0 Å². The second kappa shape index (κ2) is 26.1. The summed E-state index contributed by atoms with van der Waals surface area (Å²) in [6.45, 7) is 22.1. The minimum Gasteiger partial charge on any atom is -0.507 e. The maximum atomic E-state index is 11.3. The van der Waals surface area contributed by atoms with Gasteiger partial charge in [-0.25, -0.2) is 0 Å². The van der Waals surface area contributed by atoms with Gasteiger partial charge in [0.05, 0.1) is 12.1 Å². The first-order chi connectivity index (χ1) is 26.8. The molecule has 0 heterocycles. The number of carboxylic acids is 2. The summed E-state index contributed by atoms with van der Waals surface area (Å²) in [5, 5.41) is 37.6. The molecule has 329 valence electrons. The Morgan fingerprint density at radius 1 is 0.690 bits per heavy atom. The van der Waals surface area contributed by atoms with Crippen molar-refractivity contribution in [2.45, 2.75) is 162 Å². The molecule has 1 aliphatic carbocycles. The Morgan fingerprint density at radius 2 is 1.07 bits per heavy atom. The van der Waals surface area contributed by atoms with Crippen LogP contribution in [0.15, 0.2) is 34.3 Å². The van der Waals surface area contributed by atoms with E-state index in [0.29, 0.717) is 11.5 Å². The van der Waals surface area contributed by atoms with Crippen molar-refractivity contribution >= 4 is 24.4 Å². The number of phenolic OH excluding ortho intramolecular Hbond substituents is 2. The van der Waals surface area contributed by atoms with E-state index < -0.39 is 18.4 Å². The average molecular weight is 852 g/mol. The molecule has 1 aliphatic rings. The Bertz CT molecular complexity index is 1590. The maximum Gasteiger partial charge on any atom is 0.314 e. The van der Waals surface area contributed by atoms with Crippen LogP contribution in [0.4, 0.5) is 0 Å². The van der Waals surface area contributed by atoms with E-state index in [1.807, 2.05) is 26.3 Å². The van der Waals surface area contributed by atoms with E-state index in [4.69, 9.17) is 20.2 Å². The molecule has 0 amide bonds. The van der Waals surface area contributed by atoms with Crippen molar-refractivity contribution in [3.05, 3.63) is 57.6 Å². The van der Waals surface area contributed by atoms with Crippen LogP contribution in [0.1, 0.15) is 158 Å². The molecule has 1 radical (unpaired) electrons. The Kier molecular flexibility index (Phi) is 23.7. The number of rotatable bonds is 21. The van der Waals surface area contributed by atoms with Crippen LogP contribution in [0, 0.1) is 13.8 Å². The van der Waals surface area contributed by atoms with Crippen molar-refractivity contribution in [2.24, 2.45) is 9.98 Å². The molecule has 1 fully saturated rings. The number of aliphatic carboxylic acids is 2. The summed E-state index contributed by atoms with van der Waals surface area (Å²) in [5.41, 5.74) is 5.88. The number of aryl methyl sites for hydroxylation is 2. The monoisotopic (exact) mass is 852 g/mol. The molecule has 1 saturated carbocycles. The third kappa shape index (κ3) is 18.3. The summed E-state index contributed by atoms with van der Waals surface area (Å²) in [6, 6.07) is 8.68.